The van der Waals surface area contributed by atoms with E-state index in [0.29, 0.717) is 6.04 Å². The minimum Gasteiger partial charge on any atom is -0.368 e. The average molecular weight is 255 g/mol. The summed E-state index contributed by atoms with van der Waals surface area (Å²) >= 11 is 0. The first kappa shape index (κ1) is 12.4. The molecule has 1 aliphatic rings. The van der Waals surface area contributed by atoms with Crippen LogP contribution in [-0.4, -0.2) is 17.1 Å². The minimum atomic E-state index is 0.401. The van der Waals surface area contributed by atoms with E-state index in [2.05, 4.69) is 53.7 Å². The third-order valence-electron chi connectivity index (χ3n) is 3.40. The number of hydrogen-bond donors (Lipinski definition) is 2. The lowest BCUT2D eigenvalue weighted by Crippen LogP contribution is -2.17. The predicted octanol–water partition coefficient (Wildman–Crippen LogP) is 3.31. The van der Waals surface area contributed by atoms with Crippen LogP contribution in [0.4, 0.5) is 5.82 Å². The maximum Gasteiger partial charge on any atom is 0.127 e. The monoisotopic (exact) mass is 255 g/mol. The van der Waals surface area contributed by atoms with Gasteiger partial charge in [-0.1, -0.05) is 18.2 Å². The lowest BCUT2D eigenvalue weighted by Gasteiger charge is -2.13. The maximum atomic E-state index is 4.68. The van der Waals surface area contributed by atoms with Gasteiger partial charge in [-0.15, -0.1) is 0 Å². The van der Waals surface area contributed by atoms with E-state index in [0.717, 1.165) is 23.9 Å². The Hall–Kier alpha value is -1.61. The number of pyridine rings is 1. The van der Waals surface area contributed by atoms with Crippen LogP contribution in [0.1, 0.15) is 32.3 Å². The summed E-state index contributed by atoms with van der Waals surface area (Å²) in [6, 6.07) is 11.7. The Bertz CT molecular complexity index is 573. The zero-order chi connectivity index (χ0) is 13.2. The number of anilines is 1. The maximum absolute atomic E-state index is 4.68. The Morgan fingerprint density at radius 1 is 1.26 bits per heavy atom. The van der Waals surface area contributed by atoms with Gasteiger partial charge in [0.25, 0.3) is 0 Å². The molecule has 3 rings (SSSR count). The van der Waals surface area contributed by atoms with Crippen molar-refractivity contribution in [3.63, 3.8) is 0 Å². The molecule has 2 aromatic rings. The van der Waals surface area contributed by atoms with Crippen LogP contribution in [0.25, 0.3) is 10.9 Å². The van der Waals surface area contributed by atoms with Gasteiger partial charge in [0.1, 0.15) is 5.82 Å². The lowest BCUT2D eigenvalue weighted by molar-refractivity contribution is 0.690. The molecule has 100 valence electrons. The molecule has 0 aliphatic heterocycles. The van der Waals surface area contributed by atoms with Crippen LogP contribution < -0.4 is 10.6 Å². The van der Waals surface area contributed by atoms with Crippen LogP contribution in [0.3, 0.4) is 0 Å². The molecule has 3 nitrogen and oxygen atoms in total. The molecule has 1 aromatic heterocycles. The third kappa shape index (κ3) is 3.04. The molecule has 19 heavy (non-hydrogen) atoms. The van der Waals surface area contributed by atoms with Gasteiger partial charge >= 0.3 is 0 Å². The topological polar surface area (TPSA) is 37.0 Å². The van der Waals surface area contributed by atoms with Crippen LogP contribution in [0, 0.1) is 0 Å². The van der Waals surface area contributed by atoms with E-state index >= 15 is 0 Å². The van der Waals surface area contributed by atoms with Gasteiger partial charge in [-0.25, -0.2) is 4.98 Å². The molecular formula is C16H21N3. The van der Waals surface area contributed by atoms with Crippen molar-refractivity contribution in [2.75, 3.05) is 5.32 Å². The van der Waals surface area contributed by atoms with Crippen LogP contribution >= 0.6 is 0 Å². The highest BCUT2D eigenvalue weighted by Crippen LogP contribution is 2.24. The predicted molar refractivity (Wildman–Crippen MR) is 80.4 cm³/mol. The van der Waals surface area contributed by atoms with Gasteiger partial charge in [-0.3, -0.25) is 0 Å². The zero-order valence-electron chi connectivity index (χ0n) is 11.6. The fourth-order valence-electron chi connectivity index (χ4n) is 2.31. The summed E-state index contributed by atoms with van der Waals surface area (Å²) in [4.78, 5) is 4.68. The number of fused-ring (bicyclic) bond motifs is 1. The minimum absolute atomic E-state index is 0.401. The number of benzene rings is 1. The van der Waals surface area contributed by atoms with Crippen molar-refractivity contribution in [1.29, 1.82) is 0 Å². The Labute approximate surface area is 114 Å². The van der Waals surface area contributed by atoms with Gasteiger partial charge in [0.2, 0.25) is 0 Å². The molecule has 0 radical (unpaired) electrons. The van der Waals surface area contributed by atoms with E-state index < -0.39 is 0 Å². The van der Waals surface area contributed by atoms with Crippen molar-refractivity contribution < 1.29 is 0 Å². The van der Waals surface area contributed by atoms with E-state index in [9.17, 15) is 0 Å². The molecule has 1 aliphatic carbocycles. The van der Waals surface area contributed by atoms with Gasteiger partial charge < -0.3 is 10.6 Å². The Morgan fingerprint density at radius 3 is 2.79 bits per heavy atom. The second kappa shape index (κ2) is 5.17. The molecule has 0 amide bonds. The molecule has 1 heterocycles. The van der Waals surface area contributed by atoms with Gasteiger partial charge in [-0.2, -0.15) is 0 Å². The van der Waals surface area contributed by atoms with Crippen molar-refractivity contribution in [1.82, 2.24) is 10.3 Å². The molecular weight excluding hydrogens is 234 g/mol. The second-order valence-corrected chi connectivity index (χ2v) is 5.64. The Kier molecular flexibility index (Phi) is 3.38. The SMILES string of the molecule is CC(C)Nc1cc(CNC2CC2)c2ccccc2n1. The summed E-state index contributed by atoms with van der Waals surface area (Å²) in [5.41, 5.74) is 2.40. The summed E-state index contributed by atoms with van der Waals surface area (Å²) in [6.45, 7) is 5.21. The largest absolute Gasteiger partial charge is 0.368 e. The molecule has 3 heteroatoms. The van der Waals surface area contributed by atoms with E-state index in [4.69, 9.17) is 0 Å². The smallest absolute Gasteiger partial charge is 0.127 e. The van der Waals surface area contributed by atoms with Crippen molar-refractivity contribution in [3.8, 4) is 0 Å². The highest BCUT2D eigenvalue weighted by atomic mass is 15.0. The number of nitrogens with one attached hydrogen (secondary N) is 2. The summed E-state index contributed by atoms with van der Waals surface area (Å²) in [5, 5.41) is 8.25. The quantitative estimate of drug-likeness (QED) is 0.860. The summed E-state index contributed by atoms with van der Waals surface area (Å²) in [7, 11) is 0. The van der Waals surface area contributed by atoms with Crippen LogP contribution in [0.5, 0.6) is 0 Å². The number of rotatable bonds is 5. The van der Waals surface area contributed by atoms with E-state index in [1.165, 1.54) is 23.8 Å². The fourth-order valence-corrected chi connectivity index (χ4v) is 2.31. The van der Waals surface area contributed by atoms with Gasteiger partial charge in [0.15, 0.2) is 0 Å². The molecule has 0 atom stereocenters. The van der Waals surface area contributed by atoms with E-state index in [1.54, 1.807) is 0 Å². The lowest BCUT2D eigenvalue weighted by atomic mass is 10.1. The molecule has 0 bridgehead atoms. The summed E-state index contributed by atoms with van der Waals surface area (Å²) in [5.74, 6) is 0.973. The average Bonchev–Trinajstić information content (AvgIpc) is 3.19. The van der Waals surface area contributed by atoms with Crippen molar-refractivity contribution in [2.45, 2.75) is 45.3 Å². The molecule has 0 saturated heterocycles. The fraction of sp³-hybridized carbons (Fsp3) is 0.438. The summed E-state index contributed by atoms with van der Waals surface area (Å²) < 4.78 is 0. The van der Waals surface area contributed by atoms with Gasteiger partial charge in [-0.05, 0) is 44.4 Å². The van der Waals surface area contributed by atoms with Crippen LogP contribution in [0.2, 0.25) is 0 Å². The van der Waals surface area contributed by atoms with Crippen molar-refractivity contribution in [2.24, 2.45) is 0 Å². The van der Waals surface area contributed by atoms with Gasteiger partial charge in [0, 0.05) is 24.0 Å². The Morgan fingerprint density at radius 2 is 2.05 bits per heavy atom. The highest BCUT2D eigenvalue weighted by Gasteiger charge is 2.20. The normalized spacial score (nSPS) is 15.1. The first-order chi connectivity index (χ1) is 9.22. The molecule has 0 unspecified atom stereocenters. The number of nitrogens with zero attached hydrogens (tertiary/aromatic N) is 1. The number of aromatic nitrogens is 1. The molecule has 2 N–H and O–H groups in total. The molecule has 0 spiro atoms. The van der Waals surface area contributed by atoms with E-state index in [-0.39, 0.29) is 0 Å². The second-order valence-electron chi connectivity index (χ2n) is 5.64. The van der Waals surface area contributed by atoms with Gasteiger partial charge in [0.05, 0.1) is 5.52 Å². The Balaban J connectivity index is 1.94. The summed E-state index contributed by atoms with van der Waals surface area (Å²) in [6.07, 6.45) is 2.64. The first-order valence-corrected chi connectivity index (χ1v) is 7.11. The van der Waals surface area contributed by atoms with Crippen molar-refractivity contribution in [3.05, 3.63) is 35.9 Å². The van der Waals surface area contributed by atoms with E-state index in [1.807, 2.05) is 6.07 Å². The molecule has 1 aromatic carbocycles. The zero-order valence-corrected chi connectivity index (χ0v) is 11.6. The first-order valence-electron chi connectivity index (χ1n) is 7.11. The number of para-hydroxylation sites is 1. The third-order valence-corrected chi connectivity index (χ3v) is 3.40. The molecule has 1 fully saturated rings. The highest BCUT2D eigenvalue weighted by molar-refractivity contribution is 5.84. The van der Waals surface area contributed by atoms with Crippen molar-refractivity contribution >= 4 is 16.7 Å². The van der Waals surface area contributed by atoms with Crippen LogP contribution in [-0.2, 0) is 6.54 Å². The number of hydrogen-bond acceptors (Lipinski definition) is 3. The molecule has 1 saturated carbocycles. The standard InChI is InChI=1S/C16H21N3/c1-11(2)18-16-9-12(10-17-13-7-8-13)14-5-3-4-6-15(14)19-16/h3-6,9,11,13,17H,7-8,10H2,1-2H3,(H,18,19). The van der Waals surface area contributed by atoms with Crippen LogP contribution in [0.15, 0.2) is 30.3 Å².